The van der Waals surface area contributed by atoms with Gasteiger partial charge in [0.25, 0.3) is 0 Å². The molecule has 0 aliphatic heterocycles. The van der Waals surface area contributed by atoms with Crippen molar-refractivity contribution in [2.24, 2.45) is 0 Å². The van der Waals surface area contributed by atoms with Gasteiger partial charge in [-0.05, 0) is 23.5 Å². The van der Waals surface area contributed by atoms with Gasteiger partial charge in [-0.2, -0.15) is 0 Å². The monoisotopic (exact) mass is 248 g/mol. The maximum Gasteiger partial charge on any atom is 0.165 e. The molecule has 100 valence electrons. The van der Waals surface area contributed by atoms with Gasteiger partial charge in [0.2, 0.25) is 0 Å². The van der Waals surface area contributed by atoms with Gasteiger partial charge in [0.15, 0.2) is 5.78 Å². The van der Waals surface area contributed by atoms with Crippen LogP contribution in [0, 0.1) is 0 Å². The third-order valence-corrected chi connectivity index (χ3v) is 3.05. The Kier molecular flexibility index (Phi) is 5.09. The Labute approximate surface area is 110 Å². The van der Waals surface area contributed by atoms with Gasteiger partial charge in [-0.15, -0.1) is 0 Å². The minimum absolute atomic E-state index is 0.133. The Morgan fingerprint density at radius 3 is 2.11 bits per heavy atom. The third kappa shape index (κ3) is 3.67. The van der Waals surface area contributed by atoms with E-state index in [2.05, 4.69) is 32.9 Å². The van der Waals surface area contributed by atoms with Crippen molar-refractivity contribution in [2.75, 3.05) is 6.61 Å². The number of hydrogen-bond donors (Lipinski definition) is 0. The minimum atomic E-state index is -0.408. The van der Waals surface area contributed by atoms with Crippen molar-refractivity contribution in [3.05, 3.63) is 35.4 Å². The SMILES string of the molecule is CCOC(C(=O)CC)c1ccc(C(C)(C)C)cc1. The fraction of sp³-hybridized carbons (Fsp3) is 0.562. The lowest BCUT2D eigenvalue weighted by Crippen LogP contribution is -2.16. The lowest BCUT2D eigenvalue weighted by molar-refractivity contribution is -0.130. The van der Waals surface area contributed by atoms with Crippen LogP contribution in [0.25, 0.3) is 0 Å². The number of ether oxygens (including phenoxy) is 1. The molecule has 0 aliphatic carbocycles. The summed E-state index contributed by atoms with van der Waals surface area (Å²) in [7, 11) is 0. The van der Waals surface area contributed by atoms with E-state index in [1.807, 2.05) is 26.0 Å². The molecule has 1 atom stereocenters. The van der Waals surface area contributed by atoms with Gasteiger partial charge in [-0.3, -0.25) is 4.79 Å². The lowest BCUT2D eigenvalue weighted by atomic mass is 9.86. The maximum atomic E-state index is 11.9. The molecule has 0 saturated heterocycles. The molecular formula is C16H24O2. The second-order valence-corrected chi connectivity index (χ2v) is 5.53. The molecule has 2 heteroatoms. The zero-order valence-corrected chi connectivity index (χ0v) is 12.1. The maximum absolute atomic E-state index is 11.9. The molecule has 0 aliphatic rings. The molecule has 0 amide bonds. The highest BCUT2D eigenvalue weighted by Crippen LogP contribution is 2.26. The van der Waals surface area contributed by atoms with Crippen LogP contribution in [-0.4, -0.2) is 12.4 Å². The minimum Gasteiger partial charge on any atom is -0.366 e. The molecule has 0 aromatic heterocycles. The van der Waals surface area contributed by atoms with Gasteiger partial charge < -0.3 is 4.74 Å². The van der Waals surface area contributed by atoms with Crippen LogP contribution < -0.4 is 0 Å². The molecule has 0 bridgehead atoms. The summed E-state index contributed by atoms with van der Waals surface area (Å²) in [5.74, 6) is 0.139. The van der Waals surface area contributed by atoms with Crippen LogP contribution >= 0.6 is 0 Å². The quantitative estimate of drug-likeness (QED) is 0.786. The first-order valence-corrected chi connectivity index (χ1v) is 6.64. The van der Waals surface area contributed by atoms with Crippen molar-refractivity contribution in [2.45, 2.75) is 52.6 Å². The van der Waals surface area contributed by atoms with E-state index in [0.29, 0.717) is 13.0 Å². The number of ketones is 1. The summed E-state index contributed by atoms with van der Waals surface area (Å²) in [4.78, 5) is 11.9. The van der Waals surface area contributed by atoms with Crippen LogP contribution in [0.3, 0.4) is 0 Å². The van der Waals surface area contributed by atoms with Crippen molar-refractivity contribution in [1.82, 2.24) is 0 Å². The van der Waals surface area contributed by atoms with Crippen molar-refractivity contribution in [3.63, 3.8) is 0 Å². The molecular weight excluding hydrogens is 224 g/mol. The number of hydrogen-bond acceptors (Lipinski definition) is 2. The van der Waals surface area contributed by atoms with E-state index in [9.17, 15) is 4.79 Å². The largest absolute Gasteiger partial charge is 0.366 e. The summed E-state index contributed by atoms with van der Waals surface area (Å²) in [6.45, 7) is 10.9. The van der Waals surface area contributed by atoms with E-state index in [4.69, 9.17) is 4.74 Å². The molecule has 1 unspecified atom stereocenters. The fourth-order valence-electron chi connectivity index (χ4n) is 1.89. The van der Waals surface area contributed by atoms with Gasteiger partial charge in [-0.25, -0.2) is 0 Å². The number of carbonyl (C=O) groups is 1. The molecule has 1 aromatic carbocycles. The molecule has 1 aromatic rings. The van der Waals surface area contributed by atoms with Gasteiger partial charge in [-0.1, -0.05) is 52.0 Å². The van der Waals surface area contributed by atoms with Gasteiger partial charge in [0, 0.05) is 13.0 Å². The average molecular weight is 248 g/mol. The van der Waals surface area contributed by atoms with E-state index in [1.54, 1.807) is 0 Å². The number of Topliss-reactive ketones (excluding diaryl/α,β-unsaturated/α-hetero) is 1. The van der Waals surface area contributed by atoms with Gasteiger partial charge in [0.05, 0.1) is 0 Å². The molecule has 0 heterocycles. The van der Waals surface area contributed by atoms with E-state index < -0.39 is 6.10 Å². The second-order valence-electron chi connectivity index (χ2n) is 5.53. The molecule has 0 spiro atoms. The molecule has 0 radical (unpaired) electrons. The Morgan fingerprint density at radius 2 is 1.72 bits per heavy atom. The molecule has 1 rings (SSSR count). The summed E-state index contributed by atoms with van der Waals surface area (Å²) in [6.07, 6.45) is 0.0973. The normalized spacial score (nSPS) is 13.4. The van der Waals surface area contributed by atoms with E-state index in [0.717, 1.165) is 5.56 Å². The van der Waals surface area contributed by atoms with Crippen molar-refractivity contribution >= 4 is 5.78 Å². The second kappa shape index (κ2) is 6.14. The zero-order valence-electron chi connectivity index (χ0n) is 12.1. The van der Waals surface area contributed by atoms with E-state index in [-0.39, 0.29) is 11.2 Å². The molecule has 0 N–H and O–H groups in total. The fourth-order valence-corrected chi connectivity index (χ4v) is 1.89. The summed E-state index contributed by atoms with van der Waals surface area (Å²) in [5.41, 5.74) is 2.36. The van der Waals surface area contributed by atoms with Crippen LogP contribution in [0.1, 0.15) is 58.3 Å². The highest BCUT2D eigenvalue weighted by Gasteiger charge is 2.20. The molecule has 18 heavy (non-hydrogen) atoms. The number of benzene rings is 1. The predicted octanol–water partition coefficient (Wildman–Crippen LogP) is 4.04. The first-order valence-electron chi connectivity index (χ1n) is 6.64. The highest BCUT2D eigenvalue weighted by atomic mass is 16.5. The Bertz CT molecular complexity index is 385. The average Bonchev–Trinajstić information content (AvgIpc) is 2.34. The summed E-state index contributed by atoms with van der Waals surface area (Å²) in [5, 5.41) is 0. The molecule has 2 nitrogen and oxygen atoms in total. The Hall–Kier alpha value is -1.15. The predicted molar refractivity (Wildman–Crippen MR) is 74.8 cm³/mol. The number of rotatable bonds is 5. The third-order valence-electron chi connectivity index (χ3n) is 3.05. The van der Waals surface area contributed by atoms with Crippen LogP contribution in [0.2, 0.25) is 0 Å². The van der Waals surface area contributed by atoms with Gasteiger partial charge in [0.1, 0.15) is 6.10 Å². The smallest absolute Gasteiger partial charge is 0.165 e. The van der Waals surface area contributed by atoms with E-state index in [1.165, 1.54) is 5.56 Å². The lowest BCUT2D eigenvalue weighted by Gasteiger charge is -2.21. The van der Waals surface area contributed by atoms with Crippen LogP contribution in [-0.2, 0) is 14.9 Å². The van der Waals surface area contributed by atoms with Crippen LogP contribution in [0.5, 0.6) is 0 Å². The highest BCUT2D eigenvalue weighted by molar-refractivity contribution is 5.84. The van der Waals surface area contributed by atoms with Crippen molar-refractivity contribution in [1.29, 1.82) is 0 Å². The topological polar surface area (TPSA) is 26.3 Å². The van der Waals surface area contributed by atoms with Crippen molar-refractivity contribution < 1.29 is 9.53 Å². The first kappa shape index (κ1) is 14.9. The van der Waals surface area contributed by atoms with Gasteiger partial charge >= 0.3 is 0 Å². The number of carbonyl (C=O) groups excluding carboxylic acids is 1. The first-order chi connectivity index (χ1) is 8.40. The summed E-state index contributed by atoms with van der Waals surface area (Å²) in [6, 6.07) is 8.19. The zero-order chi connectivity index (χ0) is 13.8. The van der Waals surface area contributed by atoms with Crippen molar-refractivity contribution in [3.8, 4) is 0 Å². The Morgan fingerprint density at radius 1 is 1.17 bits per heavy atom. The summed E-state index contributed by atoms with van der Waals surface area (Å²) >= 11 is 0. The van der Waals surface area contributed by atoms with E-state index >= 15 is 0 Å². The molecule has 0 fully saturated rings. The summed E-state index contributed by atoms with van der Waals surface area (Å²) < 4.78 is 5.56. The molecule has 0 saturated carbocycles. The standard InChI is InChI=1S/C16H24O2/c1-6-14(17)15(18-7-2)12-8-10-13(11-9-12)16(3,4)5/h8-11,15H,6-7H2,1-5H3. The van der Waals surface area contributed by atoms with Crippen LogP contribution in [0.15, 0.2) is 24.3 Å². The van der Waals surface area contributed by atoms with Crippen LogP contribution in [0.4, 0.5) is 0 Å². The Balaban J connectivity index is 2.97.